The number of pyridine rings is 1. The van der Waals surface area contributed by atoms with Crippen LogP contribution in [0, 0.1) is 0 Å². The first-order valence-corrected chi connectivity index (χ1v) is 16.8. The number of alkyl halides is 6. The summed E-state index contributed by atoms with van der Waals surface area (Å²) in [5.74, 6) is -1.75. The van der Waals surface area contributed by atoms with Crippen LogP contribution >= 0.6 is 11.3 Å². The molecule has 0 saturated carbocycles. The second-order valence-electron chi connectivity index (χ2n) is 12.3. The topological polar surface area (TPSA) is 62.7 Å². The molecule has 49 heavy (non-hydrogen) atoms. The minimum atomic E-state index is -4.87. The summed E-state index contributed by atoms with van der Waals surface area (Å²) in [4.78, 5) is 34.5. The van der Waals surface area contributed by atoms with Crippen LogP contribution in [-0.2, 0) is 30.1 Å². The molecule has 2 atom stereocenters. The molecule has 6 nitrogen and oxygen atoms in total. The SMILES string of the molecule is CCC[C@H]1N(C(=O)c2ncccc2C(F)(F)F)CCC[C@]1(Oc1csc(C(F)(F)F)c1)C(=O)N1CCc2cc(-c3ccccc3)ccc2C1. The Morgan fingerprint density at radius 2 is 1.71 bits per heavy atom. The minimum absolute atomic E-state index is 0.0122. The highest BCUT2D eigenvalue weighted by Gasteiger charge is 2.56. The molecule has 6 rings (SSSR count). The number of hydrogen-bond acceptors (Lipinski definition) is 5. The molecule has 2 aliphatic rings. The van der Waals surface area contributed by atoms with Gasteiger partial charge in [-0.15, -0.1) is 11.3 Å². The number of piperidine rings is 1. The van der Waals surface area contributed by atoms with Crippen LogP contribution in [0.4, 0.5) is 26.3 Å². The monoisotopic (exact) mass is 701 g/mol. The Morgan fingerprint density at radius 1 is 0.939 bits per heavy atom. The average molecular weight is 702 g/mol. The van der Waals surface area contributed by atoms with E-state index in [1.54, 1.807) is 11.8 Å². The highest BCUT2D eigenvalue weighted by Crippen LogP contribution is 2.43. The number of fused-ring (bicyclic) bond motifs is 1. The Morgan fingerprint density at radius 3 is 2.41 bits per heavy atom. The van der Waals surface area contributed by atoms with Gasteiger partial charge in [0.1, 0.15) is 16.3 Å². The Balaban J connectivity index is 1.39. The Kier molecular flexibility index (Phi) is 9.49. The molecule has 2 aliphatic heterocycles. The van der Waals surface area contributed by atoms with Crippen molar-refractivity contribution in [1.82, 2.24) is 14.8 Å². The van der Waals surface area contributed by atoms with Crippen molar-refractivity contribution < 1.29 is 40.7 Å². The molecule has 1 fully saturated rings. The number of nitrogens with zero attached hydrogens (tertiary/aromatic N) is 3. The summed E-state index contributed by atoms with van der Waals surface area (Å²) in [6, 6.07) is 17.4. The molecule has 4 heterocycles. The van der Waals surface area contributed by atoms with Gasteiger partial charge in [-0.05, 0) is 53.6 Å². The van der Waals surface area contributed by atoms with Crippen LogP contribution in [0.5, 0.6) is 5.75 Å². The van der Waals surface area contributed by atoms with E-state index < -0.39 is 51.9 Å². The van der Waals surface area contributed by atoms with E-state index in [1.165, 1.54) is 10.3 Å². The fourth-order valence-corrected chi connectivity index (χ4v) is 7.56. The molecule has 258 valence electrons. The van der Waals surface area contributed by atoms with Crippen LogP contribution in [0.2, 0.25) is 0 Å². The molecule has 2 aromatic heterocycles. The van der Waals surface area contributed by atoms with E-state index in [9.17, 15) is 35.9 Å². The zero-order chi connectivity index (χ0) is 35.0. The van der Waals surface area contributed by atoms with Crippen LogP contribution in [0.25, 0.3) is 11.1 Å². The first-order chi connectivity index (χ1) is 23.3. The van der Waals surface area contributed by atoms with Crippen molar-refractivity contribution in [2.75, 3.05) is 13.1 Å². The summed E-state index contributed by atoms with van der Waals surface area (Å²) in [6.45, 7) is 2.27. The van der Waals surface area contributed by atoms with Crippen molar-refractivity contribution in [1.29, 1.82) is 0 Å². The van der Waals surface area contributed by atoms with Gasteiger partial charge in [0.2, 0.25) is 5.60 Å². The van der Waals surface area contributed by atoms with Crippen molar-refractivity contribution in [2.45, 2.75) is 69.6 Å². The molecule has 0 radical (unpaired) electrons. The third-order valence-corrected chi connectivity index (χ3v) is 10.1. The number of carbonyl (C=O) groups excluding carboxylic acids is 2. The highest BCUT2D eigenvalue weighted by atomic mass is 32.1. The molecular formula is C36H33F6N3O3S. The summed E-state index contributed by atoms with van der Waals surface area (Å²) in [7, 11) is 0. The van der Waals surface area contributed by atoms with E-state index >= 15 is 0 Å². The second-order valence-corrected chi connectivity index (χ2v) is 13.2. The van der Waals surface area contributed by atoms with E-state index in [-0.39, 0.29) is 44.6 Å². The number of hydrogen-bond donors (Lipinski definition) is 0. The van der Waals surface area contributed by atoms with Gasteiger partial charge in [0.25, 0.3) is 11.8 Å². The standard InChI is InChI=1S/C36H33F6N3O3S/c1-2-8-29-34(48-27-20-30(49-22-27)36(40,41)42,15-7-17-45(29)32(46)31-28(35(37,38)39)11-6-16-43-31)33(47)44-18-14-25-19-24(12-13-26(25)21-44)23-9-4-3-5-10-23/h3-6,9-13,16,19-20,22,29H,2,7-8,14-15,17-18,21H2,1H3/t29-,34-/m1/s1. The zero-order valence-electron chi connectivity index (χ0n) is 26.5. The van der Waals surface area contributed by atoms with Gasteiger partial charge in [-0.25, -0.2) is 0 Å². The summed E-state index contributed by atoms with van der Waals surface area (Å²) < 4.78 is 89.2. The van der Waals surface area contributed by atoms with Crippen LogP contribution in [0.3, 0.4) is 0 Å². The number of ether oxygens (including phenoxy) is 1. The second kappa shape index (κ2) is 13.5. The number of likely N-dealkylation sites (tertiary alicyclic amines) is 1. The van der Waals surface area contributed by atoms with E-state index in [1.807, 2.05) is 42.5 Å². The lowest BCUT2D eigenvalue weighted by Crippen LogP contribution is -2.68. The molecule has 13 heteroatoms. The van der Waals surface area contributed by atoms with Gasteiger partial charge in [0.15, 0.2) is 0 Å². The predicted molar refractivity (Wildman–Crippen MR) is 172 cm³/mol. The number of carbonyl (C=O) groups is 2. The Hall–Kier alpha value is -4.39. The quantitative estimate of drug-likeness (QED) is 0.181. The van der Waals surface area contributed by atoms with E-state index in [4.69, 9.17) is 4.74 Å². The smallest absolute Gasteiger partial charge is 0.425 e. The predicted octanol–water partition coefficient (Wildman–Crippen LogP) is 8.66. The number of rotatable bonds is 7. The van der Waals surface area contributed by atoms with Crippen molar-refractivity contribution >= 4 is 23.2 Å². The normalized spacial score (nSPS) is 19.8. The summed E-state index contributed by atoms with van der Waals surface area (Å²) in [5.41, 5.74) is 0.110. The fourth-order valence-electron chi connectivity index (χ4n) is 6.88. The Bertz CT molecular complexity index is 1830. The van der Waals surface area contributed by atoms with E-state index in [2.05, 4.69) is 11.1 Å². The van der Waals surface area contributed by atoms with Crippen LogP contribution in [0.15, 0.2) is 78.3 Å². The third kappa shape index (κ3) is 6.90. The van der Waals surface area contributed by atoms with Gasteiger partial charge in [-0.2, -0.15) is 26.3 Å². The van der Waals surface area contributed by atoms with Gasteiger partial charge < -0.3 is 14.5 Å². The van der Waals surface area contributed by atoms with Crippen LogP contribution in [-0.4, -0.2) is 51.3 Å². The minimum Gasteiger partial charge on any atom is -0.474 e. The largest absolute Gasteiger partial charge is 0.474 e. The number of thiophene rings is 1. The van der Waals surface area contributed by atoms with Gasteiger partial charge in [0, 0.05) is 43.7 Å². The first-order valence-electron chi connectivity index (χ1n) is 16.0. The lowest BCUT2D eigenvalue weighted by molar-refractivity contribution is -0.160. The average Bonchev–Trinajstić information content (AvgIpc) is 3.57. The van der Waals surface area contributed by atoms with Gasteiger partial charge in [-0.1, -0.05) is 61.9 Å². The molecule has 0 bridgehead atoms. The molecule has 0 N–H and O–H groups in total. The number of aromatic nitrogens is 1. The molecule has 1 saturated heterocycles. The lowest BCUT2D eigenvalue weighted by atomic mass is 9.79. The number of halogens is 6. The van der Waals surface area contributed by atoms with Crippen molar-refractivity contribution in [2.24, 2.45) is 0 Å². The molecule has 0 aliphatic carbocycles. The van der Waals surface area contributed by atoms with E-state index in [0.29, 0.717) is 24.2 Å². The maximum atomic E-state index is 14.8. The van der Waals surface area contributed by atoms with Gasteiger partial charge in [-0.3, -0.25) is 14.6 Å². The maximum absolute atomic E-state index is 14.8. The molecule has 0 spiro atoms. The summed E-state index contributed by atoms with van der Waals surface area (Å²) in [6.07, 6.45) is -7.17. The first kappa shape index (κ1) is 34.5. The molecular weight excluding hydrogens is 668 g/mol. The van der Waals surface area contributed by atoms with Crippen LogP contribution in [0.1, 0.15) is 64.7 Å². The zero-order valence-corrected chi connectivity index (χ0v) is 27.3. The number of amides is 2. The highest BCUT2D eigenvalue weighted by molar-refractivity contribution is 7.10. The summed E-state index contributed by atoms with van der Waals surface area (Å²) >= 11 is 0.414. The fraction of sp³-hybridized carbons (Fsp3) is 0.361. The van der Waals surface area contributed by atoms with Crippen LogP contribution < -0.4 is 4.74 Å². The molecule has 2 aromatic carbocycles. The lowest BCUT2D eigenvalue weighted by Gasteiger charge is -2.50. The van der Waals surface area contributed by atoms with Gasteiger partial charge in [0.05, 0.1) is 11.6 Å². The van der Waals surface area contributed by atoms with Crippen molar-refractivity contribution in [3.8, 4) is 16.9 Å². The molecule has 2 amide bonds. The molecule has 4 aromatic rings. The molecule has 0 unspecified atom stereocenters. The maximum Gasteiger partial charge on any atom is 0.425 e. The van der Waals surface area contributed by atoms with Crippen molar-refractivity contribution in [3.05, 3.63) is 106 Å². The third-order valence-electron chi connectivity index (χ3n) is 9.13. The summed E-state index contributed by atoms with van der Waals surface area (Å²) in [5, 5.41) is 1.17. The van der Waals surface area contributed by atoms with E-state index in [0.717, 1.165) is 46.6 Å². The van der Waals surface area contributed by atoms with Gasteiger partial charge >= 0.3 is 12.4 Å². The van der Waals surface area contributed by atoms with Crippen molar-refractivity contribution in [3.63, 3.8) is 0 Å². The number of benzene rings is 2. The Labute approximate surface area is 283 Å².